The van der Waals surface area contributed by atoms with Gasteiger partial charge >= 0.3 is 14.2 Å². The predicted molar refractivity (Wildman–Crippen MR) is 158 cm³/mol. The molecule has 2 aromatic carbocycles. The van der Waals surface area contributed by atoms with E-state index in [2.05, 4.69) is 25.4 Å². The fourth-order valence-corrected chi connectivity index (χ4v) is 4.94. The number of rotatable bonds is 9. The Morgan fingerprint density at radius 3 is 1.88 bits per heavy atom. The molecular formula is C27H28B2N6O7S. The number of nitrogens with zero attached hydrogens (tertiary/aromatic N) is 6. The van der Waals surface area contributed by atoms with Crippen LogP contribution in [0.4, 0.5) is 0 Å². The van der Waals surface area contributed by atoms with Crippen LogP contribution in [0.3, 0.4) is 0 Å². The third kappa shape index (κ3) is 8.00. The summed E-state index contributed by atoms with van der Waals surface area (Å²) in [5.41, 5.74) is 3.16. The van der Waals surface area contributed by atoms with Crippen LogP contribution < -0.4 is 10.9 Å². The van der Waals surface area contributed by atoms with Crippen LogP contribution in [0.5, 0.6) is 0 Å². The van der Waals surface area contributed by atoms with Crippen molar-refractivity contribution in [3.05, 3.63) is 76.4 Å². The maximum absolute atomic E-state index is 11.5. The van der Waals surface area contributed by atoms with Crippen molar-refractivity contribution in [1.29, 1.82) is 0 Å². The molecule has 0 radical (unpaired) electrons. The number of aromatic nitrogens is 5. The molecule has 4 N–H and O–H groups in total. The first-order valence-corrected chi connectivity index (χ1v) is 14.4. The summed E-state index contributed by atoms with van der Waals surface area (Å²) >= 11 is 1.58. The molecule has 1 saturated heterocycles. The number of amides is 1. The fraction of sp³-hybridized carbons (Fsp3) is 0.259. The molecule has 0 bridgehead atoms. The Hall–Kier alpha value is -4.21. The molecule has 0 saturated carbocycles. The third-order valence-corrected chi connectivity index (χ3v) is 7.43. The molecule has 1 aliphatic rings. The van der Waals surface area contributed by atoms with Crippen molar-refractivity contribution in [2.45, 2.75) is 32.6 Å². The van der Waals surface area contributed by atoms with Gasteiger partial charge in [-0.1, -0.05) is 24.3 Å². The maximum Gasteiger partial charge on any atom is 0.488 e. The number of hydrogen-bond acceptors (Lipinski definition) is 13. The van der Waals surface area contributed by atoms with Gasteiger partial charge in [0.25, 0.3) is 0 Å². The lowest BCUT2D eigenvalue weighted by molar-refractivity contribution is -0.127. The zero-order chi connectivity index (χ0) is 30.3. The minimum atomic E-state index is -1.50. The second-order valence-electron chi connectivity index (χ2n) is 9.76. The SMILES string of the molecule is Cc1nc(Cc2nnc(-c3ccc(B(O)O)cc3)o2)cs1.O=C1CCCN1CCc1nnc(-c2ccc(B(O)O)cc2)o1. The molecule has 1 amide bonds. The maximum atomic E-state index is 11.5. The molecule has 0 atom stereocenters. The molecular weight excluding hydrogens is 574 g/mol. The number of benzene rings is 2. The fourth-order valence-electron chi connectivity index (χ4n) is 4.32. The third-order valence-electron chi connectivity index (χ3n) is 6.61. The summed E-state index contributed by atoms with van der Waals surface area (Å²) < 4.78 is 11.2. The number of carbonyl (C=O) groups is 1. The largest absolute Gasteiger partial charge is 0.488 e. The summed E-state index contributed by atoms with van der Waals surface area (Å²) in [6.07, 6.45) is 2.58. The van der Waals surface area contributed by atoms with Gasteiger partial charge in [-0.15, -0.1) is 31.7 Å². The first-order chi connectivity index (χ1) is 20.7. The Morgan fingerprint density at radius 1 is 0.837 bits per heavy atom. The molecule has 13 nitrogen and oxygen atoms in total. The van der Waals surface area contributed by atoms with Gasteiger partial charge in [-0.2, -0.15) is 0 Å². The smallest absolute Gasteiger partial charge is 0.423 e. The summed E-state index contributed by atoms with van der Waals surface area (Å²) in [6, 6.07) is 13.2. The first-order valence-electron chi connectivity index (χ1n) is 13.5. The average Bonchev–Trinajstić information content (AvgIpc) is 3.82. The molecule has 5 aromatic rings. The van der Waals surface area contributed by atoms with E-state index >= 15 is 0 Å². The molecule has 43 heavy (non-hydrogen) atoms. The van der Waals surface area contributed by atoms with Crippen molar-refractivity contribution in [1.82, 2.24) is 30.3 Å². The van der Waals surface area contributed by atoms with Gasteiger partial charge < -0.3 is 33.8 Å². The summed E-state index contributed by atoms with van der Waals surface area (Å²) in [5, 5.41) is 55.2. The van der Waals surface area contributed by atoms with Crippen molar-refractivity contribution in [3.8, 4) is 22.9 Å². The highest BCUT2D eigenvalue weighted by Crippen LogP contribution is 2.20. The van der Waals surface area contributed by atoms with Gasteiger partial charge in [0.1, 0.15) is 0 Å². The quantitative estimate of drug-likeness (QED) is 0.170. The van der Waals surface area contributed by atoms with Crippen molar-refractivity contribution < 1.29 is 33.7 Å². The molecule has 1 aliphatic heterocycles. The van der Waals surface area contributed by atoms with E-state index in [0.29, 0.717) is 65.9 Å². The predicted octanol–water partition coefficient (Wildman–Crippen LogP) is 0.353. The van der Waals surface area contributed by atoms with Gasteiger partial charge in [0.05, 0.1) is 17.1 Å². The highest BCUT2D eigenvalue weighted by molar-refractivity contribution is 7.09. The van der Waals surface area contributed by atoms with Crippen LogP contribution in [0, 0.1) is 6.92 Å². The zero-order valence-corrected chi connectivity index (χ0v) is 24.0. The molecule has 0 unspecified atom stereocenters. The van der Waals surface area contributed by atoms with Gasteiger partial charge in [-0.3, -0.25) is 4.79 Å². The first kappa shape index (κ1) is 30.3. The monoisotopic (exact) mass is 602 g/mol. The lowest BCUT2D eigenvalue weighted by atomic mass is 9.80. The van der Waals surface area contributed by atoms with Gasteiger partial charge in [-0.05, 0) is 48.5 Å². The van der Waals surface area contributed by atoms with E-state index in [1.807, 2.05) is 12.3 Å². The van der Waals surface area contributed by atoms with E-state index in [9.17, 15) is 4.79 Å². The summed E-state index contributed by atoms with van der Waals surface area (Å²) in [5.74, 6) is 1.94. The normalized spacial score (nSPS) is 12.8. The van der Waals surface area contributed by atoms with Gasteiger partial charge in [0, 0.05) is 42.4 Å². The average molecular weight is 602 g/mol. The Morgan fingerprint density at radius 2 is 1.40 bits per heavy atom. The molecule has 0 spiro atoms. The van der Waals surface area contributed by atoms with E-state index < -0.39 is 14.2 Å². The van der Waals surface area contributed by atoms with Crippen molar-refractivity contribution >= 4 is 42.4 Å². The van der Waals surface area contributed by atoms with Crippen molar-refractivity contribution in [2.24, 2.45) is 0 Å². The standard InChI is InChI=1S/C14H16BN3O4.C13H12BN3O3S/c19-13-2-1-8-18(13)9-7-12-16-17-14(22-12)10-3-5-11(6-4-10)15(20)21;1-8-15-11(7-21-8)6-12-16-17-13(20-12)9-2-4-10(5-3-9)14(18)19/h3-6,20-21H,1-2,7-9H2;2-5,7,18-19H,6H2,1H3. The number of carbonyl (C=O) groups excluding carboxylic acids is 1. The van der Waals surface area contributed by atoms with Crippen LogP contribution in [-0.2, 0) is 17.6 Å². The van der Waals surface area contributed by atoms with Crippen LogP contribution in [-0.4, -0.2) is 83.6 Å². The molecule has 0 aliphatic carbocycles. The number of hydrogen-bond donors (Lipinski definition) is 4. The Balaban J connectivity index is 0.000000171. The molecule has 16 heteroatoms. The Kier molecular flexibility index (Phi) is 9.74. The van der Waals surface area contributed by atoms with E-state index in [1.54, 1.807) is 64.8 Å². The zero-order valence-electron chi connectivity index (χ0n) is 23.2. The number of likely N-dealkylation sites (tertiary alicyclic amines) is 1. The van der Waals surface area contributed by atoms with E-state index in [-0.39, 0.29) is 5.91 Å². The minimum absolute atomic E-state index is 0.179. The number of thiazole rings is 1. The minimum Gasteiger partial charge on any atom is -0.423 e. The van der Waals surface area contributed by atoms with Gasteiger partial charge in [0.2, 0.25) is 29.5 Å². The van der Waals surface area contributed by atoms with Crippen molar-refractivity contribution in [2.75, 3.05) is 13.1 Å². The van der Waals surface area contributed by atoms with Crippen LogP contribution in [0.2, 0.25) is 0 Å². The molecule has 4 heterocycles. The van der Waals surface area contributed by atoms with E-state index in [1.165, 1.54) is 0 Å². The van der Waals surface area contributed by atoms with Gasteiger partial charge in [0.15, 0.2) is 0 Å². The van der Waals surface area contributed by atoms with Crippen LogP contribution in [0.15, 0.2) is 62.7 Å². The van der Waals surface area contributed by atoms with Crippen LogP contribution in [0.25, 0.3) is 22.9 Å². The Bertz CT molecular complexity index is 1640. The lowest BCUT2D eigenvalue weighted by Gasteiger charge is -2.13. The highest BCUT2D eigenvalue weighted by Gasteiger charge is 2.21. The number of aryl methyl sites for hydroxylation is 1. The summed E-state index contributed by atoms with van der Waals surface area (Å²) in [4.78, 5) is 17.7. The van der Waals surface area contributed by atoms with E-state index in [0.717, 1.165) is 29.2 Å². The molecule has 6 rings (SSSR count). The summed E-state index contributed by atoms with van der Waals surface area (Å²) in [6.45, 7) is 3.34. The molecule has 220 valence electrons. The highest BCUT2D eigenvalue weighted by atomic mass is 32.1. The van der Waals surface area contributed by atoms with Gasteiger partial charge in [-0.25, -0.2) is 4.98 Å². The van der Waals surface area contributed by atoms with Crippen LogP contribution in [0.1, 0.15) is 35.3 Å². The van der Waals surface area contributed by atoms with Crippen molar-refractivity contribution in [3.63, 3.8) is 0 Å². The second-order valence-corrected chi connectivity index (χ2v) is 10.8. The Labute approximate surface area is 251 Å². The second kappa shape index (κ2) is 13.8. The summed E-state index contributed by atoms with van der Waals surface area (Å²) in [7, 11) is -2.98. The topological polar surface area (TPSA) is 192 Å². The lowest BCUT2D eigenvalue weighted by Crippen LogP contribution is -2.29. The molecule has 3 aromatic heterocycles. The van der Waals surface area contributed by atoms with Crippen LogP contribution >= 0.6 is 11.3 Å². The molecule has 1 fully saturated rings. The van der Waals surface area contributed by atoms with E-state index in [4.69, 9.17) is 28.9 Å².